The molecule has 9 heteroatoms. The number of carbonyl (C=O) groups excluding carboxylic acids is 1. The minimum Gasteiger partial charge on any atom is -0.483 e. The Morgan fingerprint density at radius 2 is 2.00 bits per heavy atom. The number of likely N-dealkylation sites (tertiary alicyclic amines) is 1. The van der Waals surface area contributed by atoms with Gasteiger partial charge in [0.2, 0.25) is 5.91 Å². The Morgan fingerprint density at radius 3 is 2.52 bits per heavy atom. The third-order valence-corrected chi connectivity index (χ3v) is 3.94. The molecule has 0 saturated carbocycles. The number of rotatable bonds is 6. The lowest BCUT2D eigenvalue weighted by molar-refractivity contribution is -0.123. The summed E-state index contributed by atoms with van der Waals surface area (Å²) in [5, 5.41) is 21.1. The van der Waals surface area contributed by atoms with Gasteiger partial charge in [0.15, 0.2) is 0 Å². The zero-order chi connectivity index (χ0) is 17.3. The molecule has 1 fully saturated rings. The number of aromatic nitrogens is 4. The van der Waals surface area contributed by atoms with E-state index in [9.17, 15) is 4.79 Å². The van der Waals surface area contributed by atoms with Crippen LogP contribution in [-0.2, 0) is 16.1 Å². The van der Waals surface area contributed by atoms with Crippen LogP contribution >= 0.6 is 0 Å². The summed E-state index contributed by atoms with van der Waals surface area (Å²) < 4.78 is 1.64. The molecule has 0 bridgehead atoms. The molecular weight excluding hydrogens is 300 g/mol. The molecule has 2 heterocycles. The maximum absolute atomic E-state index is 11.9. The van der Waals surface area contributed by atoms with Crippen LogP contribution in [-0.4, -0.2) is 67.8 Å². The highest BCUT2D eigenvalue weighted by molar-refractivity contribution is 5.75. The van der Waals surface area contributed by atoms with E-state index in [2.05, 4.69) is 39.6 Å². The summed E-state index contributed by atoms with van der Waals surface area (Å²) in [7, 11) is 0. The van der Waals surface area contributed by atoms with Gasteiger partial charge in [0.1, 0.15) is 5.82 Å². The minimum atomic E-state index is -0.250. The fraction of sp³-hybridized carbons (Fsp3) is 0.786. The third-order valence-electron chi connectivity index (χ3n) is 3.94. The van der Waals surface area contributed by atoms with Crippen LogP contribution in [0.2, 0.25) is 0 Å². The van der Waals surface area contributed by atoms with Gasteiger partial charge in [-0.3, -0.25) is 14.5 Å². The number of hydrogen-bond donors (Lipinski definition) is 2. The molecule has 1 aliphatic heterocycles. The van der Waals surface area contributed by atoms with Crippen molar-refractivity contribution in [3.05, 3.63) is 5.82 Å². The Balaban J connectivity index is 0.000000816. The van der Waals surface area contributed by atoms with Crippen molar-refractivity contribution in [2.45, 2.75) is 52.1 Å². The van der Waals surface area contributed by atoms with Gasteiger partial charge in [0.25, 0.3) is 6.47 Å². The van der Waals surface area contributed by atoms with Crippen molar-refractivity contribution in [3.63, 3.8) is 0 Å². The molecule has 0 aliphatic carbocycles. The fourth-order valence-corrected chi connectivity index (χ4v) is 2.50. The Hall–Kier alpha value is -2.03. The predicted molar refractivity (Wildman–Crippen MR) is 83.8 cm³/mol. The van der Waals surface area contributed by atoms with Crippen molar-refractivity contribution in [1.29, 1.82) is 0 Å². The van der Waals surface area contributed by atoms with Gasteiger partial charge in [0, 0.05) is 18.5 Å². The number of tetrazole rings is 1. The van der Waals surface area contributed by atoms with Crippen LogP contribution in [0.25, 0.3) is 0 Å². The molecule has 2 N–H and O–H groups in total. The Bertz CT molecular complexity index is 496. The summed E-state index contributed by atoms with van der Waals surface area (Å²) in [5.74, 6) is 0.780. The van der Waals surface area contributed by atoms with Crippen molar-refractivity contribution in [2.24, 2.45) is 0 Å². The van der Waals surface area contributed by atoms with Crippen LogP contribution in [0.3, 0.4) is 0 Å². The van der Waals surface area contributed by atoms with Gasteiger partial charge in [-0.1, -0.05) is 0 Å². The highest BCUT2D eigenvalue weighted by atomic mass is 16.3. The lowest BCUT2D eigenvalue weighted by Crippen LogP contribution is -2.50. The summed E-state index contributed by atoms with van der Waals surface area (Å²) in [6.45, 7) is 9.41. The second-order valence-electron chi connectivity index (χ2n) is 6.09. The topological polar surface area (TPSA) is 113 Å². The maximum atomic E-state index is 11.9. The van der Waals surface area contributed by atoms with Gasteiger partial charge < -0.3 is 10.4 Å². The summed E-state index contributed by atoms with van der Waals surface area (Å²) in [6.07, 6.45) is 2.92. The van der Waals surface area contributed by atoms with Crippen LogP contribution < -0.4 is 5.32 Å². The van der Waals surface area contributed by atoms with Crippen molar-refractivity contribution < 1.29 is 14.7 Å². The SMILES string of the molecule is Cc1nnnn1CCC(=O)NCC(C)(C)N1CCCC1.O=CO. The number of hydrogen-bond acceptors (Lipinski definition) is 6. The molecule has 9 nitrogen and oxygen atoms in total. The molecular formula is C14H26N6O3. The minimum absolute atomic E-state index is 0.0247. The number of carbonyl (C=O) groups is 2. The van der Waals surface area contributed by atoms with Crippen molar-refractivity contribution in [2.75, 3.05) is 19.6 Å². The molecule has 2 rings (SSSR count). The first-order valence-electron chi connectivity index (χ1n) is 7.73. The molecule has 1 aliphatic rings. The van der Waals surface area contributed by atoms with Crippen LogP contribution in [0.1, 0.15) is 38.9 Å². The Kier molecular flexibility index (Phi) is 7.60. The smallest absolute Gasteiger partial charge is 0.290 e. The number of amides is 1. The molecule has 0 spiro atoms. The van der Waals surface area contributed by atoms with E-state index in [0.717, 1.165) is 18.9 Å². The van der Waals surface area contributed by atoms with E-state index in [4.69, 9.17) is 9.90 Å². The quantitative estimate of drug-likeness (QED) is 0.711. The standard InChI is InChI=1S/C13H24N6O.CH2O2/c1-11-15-16-17-19(11)9-6-12(20)14-10-13(2,3)18-7-4-5-8-18;2-1-3/h4-10H2,1-3H3,(H,14,20);1H,(H,2,3). The second kappa shape index (κ2) is 9.19. The Morgan fingerprint density at radius 1 is 1.39 bits per heavy atom. The first kappa shape index (κ1) is 19.0. The zero-order valence-corrected chi connectivity index (χ0v) is 14.0. The summed E-state index contributed by atoms with van der Waals surface area (Å²) in [6, 6.07) is 0. The van der Waals surface area contributed by atoms with Crippen molar-refractivity contribution in [3.8, 4) is 0 Å². The molecule has 1 aromatic heterocycles. The first-order chi connectivity index (χ1) is 10.9. The Labute approximate surface area is 136 Å². The maximum Gasteiger partial charge on any atom is 0.290 e. The van der Waals surface area contributed by atoms with Crippen LogP contribution in [0.15, 0.2) is 0 Å². The van der Waals surface area contributed by atoms with Gasteiger partial charge in [-0.05, 0) is 57.1 Å². The normalized spacial score (nSPS) is 14.9. The van der Waals surface area contributed by atoms with E-state index in [0.29, 0.717) is 19.5 Å². The molecule has 0 atom stereocenters. The molecule has 1 amide bonds. The van der Waals surface area contributed by atoms with Gasteiger partial charge in [-0.2, -0.15) is 0 Å². The molecule has 0 aromatic carbocycles. The number of nitrogens with zero attached hydrogens (tertiary/aromatic N) is 5. The second-order valence-corrected chi connectivity index (χ2v) is 6.09. The van der Waals surface area contributed by atoms with Gasteiger partial charge in [-0.15, -0.1) is 5.10 Å². The first-order valence-corrected chi connectivity index (χ1v) is 7.73. The molecule has 23 heavy (non-hydrogen) atoms. The lowest BCUT2D eigenvalue weighted by atomic mass is 10.0. The van der Waals surface area contributed by atoms with Gasteiger partial charge in [-0.25, -0.2) is 4.68 Å². The average Bonchev–Trinajstić information content (AvgIpc) is 3.16. The van der Waals surface area contributed by atoms with Crippen molar-refractivity contribution in [1.82, 2.24) is 30.4 Å². The van der Waals surface area contributed by atoms with E-state index in [1.54, 1.807) is 4.68 Å². The van der Waals surface area contributed by atoms with Crippen LogP contribution in [0, 0.1) is 6.92 Å². The van der Waals surface area contributed by atoms with E-state index >= 15 is 0 Å². The van der Waals surface area contributed by atoms with E-state index in [1.165, 1.54) is 12.8 Å². The number of aryl methyl sites for hydroxylation is 2. The molecule has 1 saturated heterocycles. The highest BCUT2D eigenvalue weighted by Gasteiger charge is 2.29. The van der Waals surface area contributed by atoms with E-state index < -0.39 is 0 Å². The molecule has 130 valence electrons. The number of carboxylic acid groups (broad SMARTS) is 1. The molecule has 0 unspecified atom stereocenters. The van der Waals surface area contributed by atoms with Crippen LogP contribution in [0.4, 0.5) is 0 Å². The average molecular weight is 326 g/mol. The van der Waals surface area contributed by atoms with E-state index in [1.807, 2.05) is 6.92 Å². The van der Waals surface area contributed by atoms with Gasteiger partial charge in [0.05, 0.1) is 6.54 Å². The monoisotopic (exact) mass is 326 g/mol. The molecule has 1 aromatic rings. The van der Waals surface area contributed by atoms with Crippen molar-refractivity contribution >= 4 is 12.4 Å². The van der Waals surface area contributed by atoms with E-state index in [-0.39, 0.29) is 17.9 Å². The molecule has 0 radical (unpaired) electrons. The summed E-state index contributed by atoms with van der Waals surface area (Å²) >= 11 is 0. The van der Waals surface area contributed by atoms with Gasteiger partial charge >= 0.3 is 0 Å². The third kappa shape index (κ3) is 6.31. The van der Waals surface area contributed by atoms with Crippen LogP contribution in [0.5, 0.6) is 0 Å². The fourth-order valence-electron chi connectivity index (χ4n) is 2.50. The largest absolute Gasteiger partial charge is 0.483 e. The number of nitrogens with one attached hydrogen (secondary N) is 1. The summed E-state index contributed by atoms with van der Waals surface area (Å²) in [4.78, 5) is 22.7. The zero-order valence-electron chi connectivity index (χ0n) is 14.0. The predicted octanol–water partition coefficient (Wildman–Crippen LogP) is 0.0630. The lowest BCUT2D eigenvalue weighted by Gasteiger charge is -2.35. The summed E-state index contributed by atoms with van der Waals surface area (Å²) in [5.41, 5.74) is 0.0247. The highest BCUT2D eigenvalue weighted by Crippen LogP contribution is 2.19.